The number of nitrogens with one attached hydrogen (secondary N) is 1. The third kappa shape index (κ3) is 3.59. The van der Waals surface area contributed by atoms with E-state index in [1.165, 1.54) is 12.1 Å². The van der Waals surface area contributed by atoms with Gasteiger partial charge in [-0.25, -0.2) is 4.39 Å². The summed E-state index contributed by atoms with van der Waals surface area (Å²) in [4.78, 5) is 0. The highest BCUT2D eigenvalue weighted by Crippen LogP contribution is 2.35. The largest absolute Gasteiger partial charge is 0.456 e. The van der Waals surface area contributed by atoms with E-state index in [1.807, 2.05) is 32.2 Å². The van der Waals surface area contributed by atoms with E-state index in [1.54, 1.807) is 6.07 Å². The maximum Gasteiger partial charge on any atom is 0.144 e. The smallest absolute Gasteiger partial charge is 0.144 e. The normalized spacial score (nSPS) is 12.2. The van der Waals surface area contributed by atoms with Gasteiger partial charge in [-0.1, -0.05) is 15.9 Å². The number of ether oxygens (including phenoxy) is 1. The van der Waals surface area contributed by atoms with Crippen LogP contribution in [-0.4, -0.2) is 7.05 Å². The third-order valence-electron chi connectivity index (χ3n) is 2.98. The van der Waals surface area contributed by atoms with Crippen molar-refractivity contribution in [3.63, 3.8) is 0 Å². The Morgan fingerprint density at radius 1 is 1.10 bits per heavy atom. The molecule has 0 aromatic heterocycles. The summed E-state index contributed by atoms with van der Waals surface area (Å²) in [5.41, 5.74) is 0.998. The molecule has 1 unspecified atom stereocenters. The Kier molecular flexibility index (Phi) is 5.18. The van der Waals surface area contributed by atoms with Gasteiger partial charge in [-0.15, -0.1) is 0 Å². The lowest BCUT2D eigenvalue weighted by molar-refractivity contribution is 0.459. The van der Waals surface area contributed by atoms with Gasteiger partial charge in [0.1, 0.15) is 17.3 Å². The van der Waals surface area contributed by atoms with Crippen LogP contribution in [0.25, 0.3) is 0 Å². The van der Waals surface area contributed by atoms with E-state index in [-0.39, 0.29) is 11.9 Å². The van der Waals surface area contributed by atoms with Gasteiger partial charge in [-0.3, -0.25) is 0 Å². The molecule has 0 fully saturated rings. The Morgan fingerprint density at radius 2 is 1.85 bits per heavy atom. The first-order valence-electron chi connectivity index (χ1n) is 6.11. The van der Waals surface area contributed by atoms with Gasteiger partial charge < -0.3 is 10.1 Å². The lowest BCUT2D eigenvalue weighted by atomic mass is 10.1. The molecule has 1 atom stereocenters. The lowest BCUT2D eigenvalue weighted by Crippen LogP contribution is -2.13. The highest BCUT2D eigenvalue weighted by Gasteiger charge is 2.13. The molecule has 0 spiro atoms. The van der Waals surface area contributed by atoms with Gasteiger partial charge in [-0.05, 0) is 60.2 Å². The Morgan fingerprint density at radius 3 is 2.55 bits per heavy atom. The van der Waals surface area contributed by atoms with Crippen LogP contribution in [0.5, 0.6) is 11.5 Å². The van der Waals surface area contributed by atoms with E-state index < -0.39 is 0 Å². The molecular formula is C15H14Br2FNO. The van der Waals surface area contributed by atoms with Gasteiger partial charge in [0.25, 0.3) is 0 Å². The average molecular weight is 403 g/mol. The molecule has 2 aromatic rings. The summed E-state index contributed by atoms with van der Waals surface area (Å²) in [6.07, 6.45) is 0. The van der Waals surface area contributed by atoms with Crippen molar-refractivity contribution in [1.29, 1.82) is 0 Å². The molecule has 0 saturated carbocycles. The van der Waals surface area contributed by atoms with Crippen molar-refractivity contribution >= 4 is 31.9 Å². The van der Waals surface area contributed by atoms with Gasteiger partial charge in [0.15, 0.2) is 0 Å². The number of hydrogen-bond acceptors (Lipinski definition) is 2. The minimum absolute atomic E-state index is 0.120. The quantitative estimate of drug-likeness (QED) is 0.736. The van der Waals surface area contributed by atoms with Crippen molar-refractivity contribution in [1.82, 2.24) is 5.32 Å². The topological polar surface area (TPSA) is 21.3 Å². The van der Waals surface area contributed by atoms with Crippen LogP contribution in [0.1, 0.15) is 18.5 Å². The molecule has 0 aliphatic heterocycles. The highest BCUT2D eigenvalue weighted by molar-refractivity contribution is 9.10. The Labute approximate surface area is 134 Å². The van der Waals surface area contributed by atoms with Crippen molar-refractivity contribution in [3.05, 3.63) is 56.7 Å². The molecule has 0 saturated heterocycles. The zero-order chi connectivity index (χ0) is 14.7. The predicted octanol–water partition coefficient (Wildman–Crippen LogP) is 5.42. The van der Waals surface area contributed by atoms with E-state index in [4.69, 9.17) is 4.74 Å². The van der Waals surface area contributed by atoms with E-state index >= 15 is 0 Å². The van der Waals surface area contributed by atoms with Crippen molar-refractivity contribution in [3.8, 4) is 11.5 Å². The molecule has 2 nitrogen and oxygen atoms in total. The Balaban J connectivity index is 2.40. The van der Waals surface area contributed by atoms with Gasteiger partial charge in [0.05, 0.1) is 4.47 Å². The molecule has 5 heteroatoms. The minimum Gasteiger partial charge on any atom is -0.456 e. The second-order valence-electron chi connectivity index (χ2n) is 4.37. The van der Waals surface area contributed by atoms with E-state index in [2.05, 4.69) is 37.2 Å². The Hall–Kier alpha value is -0.910. The maximum absolute atomic E-state index is 13.3. The minimum atomic E-state index is -0.330. The molecule has 0 aliphatic carbocycles. The second-order valence-corrected chi connectivity index (χ2v) is 6.14. The lowest BCUT2D eigenvalue weighted by Gasteiger charge is -2.17. The summed E-state index contributed by atoms with van der Waals surface area (Å²) in [6, 6.07) is 10.2. The van der Waals surface area contributed by atoms with Gasteiger partial charge in [0.2, 0.25) is 0 Å². The first kappa shape index (κ1) is 15.5. The SMILES string of the molecule is CNC(C)c1cc(Br)ccc1Oc1cc(F)ccc1Br. The maximum atomic E-state index is 13.3. The summed E-state index contributed by atoms with van der Waals surface area (Å²) in [6.45, 7) is 2.04. The van der Waals surface area contributed by atoms with Crippen LogP contribution in [0.2, 0.25) is 0 Å². The zero-order valence-corrected chi connectivity index (χ0v) is 14.3. The molecule has 20 heavy (non-hydrogen) atoms. The molecule has 106 valence electrons. The summed E-state index contributed by atoms with van der Waals surface area (Å²) in [5, 5.41) is 3.17. The molecule has 1 N–H and O–H groups in total. The molecule has 0 bridgehead atoms. The van der Waals surface area contributed by atoms with Crippen LogP contribution >= 0.6 is 31.9 Å². The number of halogens is 3. The van der Waals surface area contributed by atoms with Crippen LogP contribution in [0.4, 0.5) is 4.39 Å². The van der Waals surface area contributed by atoms with Crippen LogP contribution < -0.4 is 10.1 Å². The molecule has 2 rings (SSSR count). The van der Waals surface area contributed by atoms with E-state index in [0.717, 1.165) is 10.0 Å². The molecule has 2 aromatic carbocycles. The van der Waals surface area contributed by atoms with Crippen molar-refractivity contribution in [2.45, 2.75) is 13.0 Å². The Bertz CT molecular complexity index is 619. The first-order valence-corrected chi connectivity index (χ1v) is 7.69. The molecule has 0 aliphatic rings. The van der Waals surface area contributed by atoms with Crippen molar-refractivity contribution in [2.24, 2.45) is 0 Å². The summed E-state index contributed by atoms with van der Waals surface area (Å²) in [5.74, 6) is 0.821. The van der Waals surface area contributed by atoms with Gasteiger partial charge in [0, 0.05) is 22.1 Å². The van der Waals surface area contributed by atoms with Crippen LogP contribution in [-0.2, 0) is 0 Å². The molecule has 0 heterocycles. The fourth-order valence-corrected chi connectivity index (χ4v) is 2.49. The predicted molar refractivity (Wildman–Crippen MR) is 85.8 cm³/mol. The monoisotopic (exact) mass is 401 g/mol. The van der Waals surface area contributed by atoms with Crippen molar-refractivity contribution < 1.29 is 9.13 Å². The number of hydrogen-bond donors (Lipinski definition) is 1. The summed E-state index contributed by atoms with van der Waals surface area (Å²) < 4.78 is 20.9. The highest BCUT2D eigenvalue weighted by atomic mass is 79.9. The zero-order valence-electron chi connectivity index (χ0n) is 11.1. The molecular weight excluding hydrogens is 389 g/mol. The molecule has 0 radical (unpaired) electrons. The van der Waals surface area contributed by atoms with Crippen LogP contribution in [0.15, 0.2) is 45.3 Å². The van der Waals surface area contributed by atoms with Crippen molar-refractivity contribution in [2.75, 3.05) is 7.05 Å². The number of benzene rings is 2. The third-order valence-corrected chi connectivity index (χ3v) is 4.13. The van der Waals surface area contributed by atoms with Crippen LogP contribution in [0.3, 0.4) is 0 Å². The van der Waals surface area contributed by atoms with Crippen LogP contribution in [0, 0.1) is 5.82 Å². The fourth-order valence-electron chi connectivity index (χ4n) is 1.78. The summed E-state index contributed by atoms with van der Waals surface area (Å²) in [7, 11) is 1.88. The second kappa shape index (κ2) is 6.70. The van der Waals surface area contributed by atoms with Gasteiger partial charge >= 0.3 is 0 Å². The summed E-state index contributed by atoms with van der Waals surface area (Å²) >= 11 is 6.82. The fraction of sp³-hybridized carbons (Fsp3) is 0.200. The standard InChI is InChI=1S/C15H14Br2FNO/c1-9(19-2)12-7-10(16)3-6-14(12)20-15-8-11(18)4-5-13(15)17/h3-9,19H,1-2H3. The van der Waals surface area contributed by atoms with E-state index in [0.29, 0.717) is 16.0 Å². The van der Waals surface area contributed by atoms with Gasteiger partial charge in [-0.2, -0.15) is 0 Å². The number of rotatable bonds is 4. The average Bonchev–Trinajstić information content (AvgIpc) is 2.43. The first-order chi connectivity index (χ1) is 9.51. The van der Waals surface area contributed by atoms with E-state index in [9.17, 15) is 4.39 Å². The molecule has 0 amide bonds.